The van der Waals surface area contributed by atoms with E-state index in [9.17, 15) is 18.0 Å². The van der Waals surface area contributed by atoms with Gasteiger partial charge in [0.1, 0.15) is 11.8 Å². The number of rotatable bonds is 11. The van der Waals surface area contributed by atoms with Crippen molar-refractivity contribution in [3.8, 4) is 5.75 Å². The van der Waals surface area contributed by atoms with Crippen LogP contribution in [0, 0.1) is 12.8 Å². The minimum Gasteiger partial charge on any atom is -0.497 e. The Morgan fingerprint density at radius 3 is 2.31 bits per heavy atom. The molecule has 0 spiro atoms. The molecule has 1 aliphatic rings. The number of carbonyl (C=O) groups excluding carboxylic acids is 2. The van der Waals surface area contributed by atoms with Gasteiger partial charge in [0.2, 0.25) is 21.8 Å². The van der Waals surface area contributed by atoms with Crippen LogP contribution in [0.3, 0.4) is 0 Å². The molecule has 3 rings (SSSR count). The van der Waals surface area contributed by atoms with Crippen LogP contribution < -0.4 is 15.4 Å². The summed E-state index contributed by atoms with van der Waals surface area (Å²) in [5, 5.41) is 5.83. The van der Waals surface area contributed by atoms with Gasteiger partial charge in [-0.25, -0.2) is 8.42 Å². The maximum absolute atomic E-state index is 13.0. The Kier molecular flexibility index (Phi) is 10.2. The van der Waals surface area contributed by atoms with Gasteiger partial charge in [0.25, 0.3) is 0 Å². The van der Waals surface area contributed by atoms with Crippen LogP contribution in [0.15, 0.2) is 53.4 Å². The van der Waals surface area contributed by atoms with Crippen LogP contribution in [-0.2, 0) is 26.2 Å². The Balaban J connectivity index is 1.55. The molecule has 196 valence electrons. The zero-order valence-corrected chi connectivity index (χ0v) is 22.7. The number of sulfonamides is 1. The summed E-state index contributed by atoms with van der Waals surface area (Å²) in [4.78, 5) is 26.2. The molecule has 0 aliphatic carbocycles. The Morgan fingerprint density at radius 2 is 1.72 bits per heavy atom. The van der Waals surface area contributed by atoms with Gasteiger partial charge < -0.3 is 15.4 Å². The van der Waals surface area contributed by atoms with E-state index in [0.717, 1.165) is 22.6 Å². The summed E-state index contributed by atoms with van der Waals surface area (Å²) in [6.45, 7) is 2.80. The maximum atomic E-state index is 13.0. The van der Waals surface area contributed by atoms with Crippen LogP contribution in [0.25, 0.3) is 0 Å². The lowest BCUT2D eigenvalue weighted by molar-refractivity contribution is -0.132. The van der Waals surface area contributed by atoms with Gasteiger partial charge in [-0.15, -0.1) is 0 Å². The third kappa shape index (κ3) is 7.47. The van der Waals surface area contributed by atoms with Gasteiger partial charge in [-0.1, -0.05) is 29.8 Å². The molecule has 1 heterocycles. The molecule has 2 amide bonds. The van der Waals surface area contributed by atoms with Crippen molar-refractivity contribution in [1.29, 1.82) is 0 Å². The van der Waals surface area contributed by atoms with Crippen LogP contribution in [0.5, 0.6) is 5.75 Å². The summed E-state index contributed by atoms with van der Waals surface area (Å²) in [5.74, 6) is 0.711. The molecule has 0 radical (unpaired) electrons. The van der Waals surface area contributed by atoms with E-state index < -0.39 is 16.1 Å². The number of hydrogen-bond donors (Lipinski definition) is 2. The van der Waals surface area contributed by atoms with Crippen molar-refractivity contribution in [1.82, 2.24) is 14.9 Å². The number of benzene rings is 2. The van der Waals surface area contributed by atoms with E-state index in [0.29, 0.717) is 25.8 Å². The molecule has 2 N–H and O–H groups in total. The predicted octanol–water partition coefficient (Wildman–Crippen LogP) is 2.96. The molecule has 2 aromatic rings. The lowest BCUT2D eigenvalue weighted by Crippen LogP contribution is -2.50. The number of thioether (sulfide) groups is 1. The molecule has 0 aromatic heterocycles. The van der Waals surface area contributed by atoms with Gasteiger partial charge in [-0.3, -0.25) is 9.59 Å². The van der Waals surface area contributed by atoms with Crippen molar-refractivity contribution >= 4 is 33.6 Å². The Bertz CT molecular complexity index is 1110. The zero-order valence-electron chi connectivity index (χ0n) is 21.0. The summed E-state index contributed by atoms with van der Waals surface area (Å²) in [6, 6.07) is 13.6. The van der Waals surface area contributed by atoms with Gasteiger partial charge >= 0.3 is 0 Å². The number of nitrogens with zero attached hydrogens (tertiary/aromatic N) is 1. The first-order chi connectivity index (χ1) is 17.2. The molecule has 1 unspecified atom stereocenters. The summed E-state index contributed by atoms with van der Waals surface area (Å²) < 4.78 is 32.5. The number of ether oxygens (including phenoxy) is 1. The largest absolute Gasteiger partial charge is 0.497 e. The van der Waals surface area contributed by atoms with Gasteiger partial charge in [-0.2, -0.15) is 16.1 Å². The highest BCUT2D eigenvalue weighted by atomic mass is 32.2. The van der Waals surface area contributed by atoms with Crippen molar-refractivity contribution in [2.45, 2.75) is 43.7 Å². The fourth-order valence-electron chi connectivity index (χ4n) is 4.07. The molecule has 8 nitrogen and oxygen atoms in total. The number of aryl methyl sites for hydroxylation is 1. The van der Waals surface area contributed by atoms with Crippen molar-refractivity contribution in [2.75, 3.05) is 32.2 Å². The van der Waals surface area contributed by atoms with E-state index in [2.05, 4.69) is 10.6 Å². The molecule has 0 bridgehead atoms. The molecule has 10 heteroatoms. The molecule has 2 aromatic carbocycles. The van der Waals surface area contributed by atoms with Crippen LogP contribution in [0.4, 0.5) is 0 Å². The monoisotopic (exact) mass is 533 g/mol. The smallest absolute Gasteiger partial charge is 0.243 e. The van der Waals surface area contributed by atoms with E-state index in [4.69, 9.17) is 4.74 Å². The normalized spacial score (nSPS) is 15.8. The number of methoxy groups -OCH3 is 1. The minimum atomic E-state index is -3.59. The number of amides is 2. The lowest BCUT2D eigenvalue weighted by atomic mass is 9.96. The highest BCUT2D eigenvalue weighted by Gasteiger charge is 2.33. The molecule has 1 fully saturated rings. The number of piperidine rings is 1. The average molecular weight is 534 g/mol. The van der Waals surface area contributed by atoms with E-state index in [-0.39, 0.29) is 35.7 Å². The van der Waals surface area contributed by atoms with Crippen LogP contribution in [-0.4, -0.2) is 62.8 Å². The molecule has 0 saturated carbocycles. The zero-order chi connectivity index (χ0) is 26.1. The van der Waals surface area contributed by atoms with Crippen molar-refractivity contribution in [2.24, 2.45) is 5.92 Å². The first-order valence-electron chi connectivity index (χ1n) is 12.0. The maximum Gasteiger partial charge on any atom is 0.243 e. The standard InChI is InChI=1S/C26H35N3O5S2/c1-19-4-10-23(11-5-19)36(32,33)29-15-12-21(13-16-29)25(30)28-24(14-17-35-3)26(31)27-18-20-6-8-22(34-2)9-7-20/h4-11,21,24H,12-18H2,1-3H3,(H,27,31)(H,28,30). The molecule has 1 atom stereocenters. The van der Waals surface area contributed by atoms with Crippen molar-refractivity contribution < 1.29 is 22.7 Å². The first kappa shape index (κ1) is 28.0. The van der Waals surface area contributed by atoms with Crippen molar-refractivity contribution in [3.63, 3.8) is 0 Å². The Hall–Kier alpha value is -2.56. The Labute approximate surface area is 218 Å². The predicted molar refractivity (Wildman–Crippen MR) is 142 cm³/mol. The molecular formula is C26H35N3O5S2. The van der Waals surface area contributed by atoms with E-state index in [1.54, 1.807) is 43.1 Å². The third-order valence-electron chi connectivity index (χ3n) is 6.35. The molecular weight excluding hydrogens is 498 g/mol. The van der Waals surface area contributed by atoms with Gasteiger partial charge in [0, 0.05) is 25.6 Å². The summed E-state index contributed by atoms with van der Waals surface area (Å²) in [6.07, 6.45) is 3.31. The topological polar surface area (TPSA) is 105 Å². The lowest BCUT2D eigenvalue weighted by Gasteiger charge is -2.31. The second-order valence-electron chi connectivity index (χ2n) is 8.90. The summed E-state index contributed by atoms with van der Waals surface area (Å²) >= 11 is 1.61. The van der Waals surface area contributed by atoms with Gasteiger partial charge in [0.05, 0.1) is 12.0 Å². The fourth-order valence-corrected chi connectivity index (χ4v) is 6.01. The minimum absolute atomic E-state index is 0.201. The number of nitrogens with one attached hydrogen (secondary N) is 2. The molecule has 36 heavy (non-hydrogen) atoms. The molecule has 1 saturated heterocycles. The second-order valence-corrected chi connectivity index (χ2v) is 11.8. The SMILES string of the molecule is COc1ccc(CNC(=O)C(CCSC)NC(=O)C2CCN(S(=O)(=O)c3ccc(C)cc3)CC2)cc1. The fraction of sp³-hybridized carbons (Fsp3) is 0.462. The number of carbonyl (C=O) groups is 2. The van der Waals surface area contributed by atoms with Crippen LogP contribution in [0.1, 0.15) is 30.4 Å². The molecule has 1 aliphatic heterocycles. The number of hydrogen-bond acceptors (Lipinski definition) is 6. The summed E-state index contributed by atoms with van der Waals surface area (Å²) in [7, 11) is -1.99. The van der Waals surface area contributed by atoms with E-state index in [1.807, 2.05) is 37.4 Å². The van der Waals surface area contributed by atoms with Crippen LogP contribution >= 0.6 is 11.8 Å². The highest BCUT2D eigenvalue weighted by Crippen LogP contribution is 2.24. The second kappa shape index (κ2) is 13.1. The van der Waals surface area contributed by atoms with E-state index >= 15 is 0 Å². The van der Waals surface area contributed by atoms with Crippen LogP contribution in [0.2, 0.25) is 0 Å². The first-order valence-corrected chi connectivity index (χ1v) is 14.8. The third-order valence-corrected chi connectivity index (χ3v) is 8.91. The van der Waals surface area contributed by atoms with Crippen molar-refractivity contribution in [3.05, 3.63) is 59.7 Å². The highest BCUT2D eigenvalue weighted by molar-refractivity contribution is 7.98. The quantitative estimate of drug-likeness (QED) is 0.460. The average Bonchev–Trinajstić information content (AvgIpc) is 2.90. The summed E-state index contributed by atoms with van der Waals surface area (Å²) in [5.41, 5.74) is 1.93. The Morgan fingerprint density at radius 1 is 1.08 bits per heavy atom. The van der Waals surface area contributed by atoms with Gasteiger partial charge in [-0.05, 0) is 68.0 Å². The van der Waals surface area contributed by atoms with E-state index in [1.165, 1.54) is 4.31 Å². The van der Waals surface area contributed by atoms with Gasteiger partial charge in [0.15, 0.2) is 0 Å².